The molecule has 0 radical (unpaired) electrons. The topological polar surface area (TPSA) is 66.5 Å². The van der Waals surface area contributed by atoms with Gasteiger partial charge in [-0.2, -0.15) is 21.6 Å². The third-order valence-electron chi connectivity index (χ3n) is 4.14. The zero-order valence-electron chi connectivity index (χ0n) is 13.8. The van der Waals surface area contributed by atoms with Gasteiger partial charge in [0, 0.05) is 23.2 Å². The van der Waals surface area contributed by atoms with Gasteiger partial charge in [0.2, 0.25) is 0 Å². The summed E-state index contributed by atoms with van der Waals surface area (Å²) in [6.45, 7) is 0.788. The van der Waals surface area contributed by atoms with E-state index in [0.29, 0.717) is 28.6 Å². The van der Waals surface area contributed by atoms with Crippen LogP contribution in [-0.2, 0) is 23.0 Å². The molecule has 144 valence electrons. The highest BCUT2D eigenvalue weighted by atomic mass is 79.9. The van der Waals surface area contributed by atoms with Crippen LogP contribution < -0.4 is 4.72 Å². The maximum absolute atomic E-state index is 12.7. The van der Waals surface area contributed by atoms with Crippen LogP contribution in [0.15, 0.2) is 46.9 Å². The number of hydrogen-bond donors (Lipinski definition) is 1. The van der Waals surface area contributed by atoms with Crippen LogP contribution in [0.5, 0.6) is 0 Å². The second-order valence-corrected chi connectivity index (χ2v) is 8.53. The van der Waals surface area contributed by atoms with Crippen molar-refractivity contribution in [3.8, 4) is 0 Å². The highest BCUT2D eigenvalue weighted by Crippen LogP contribution is 2.28. The van der Waals surface area contributed by atoms with Crippen LogP contribution in [0.3, 0.4) is 0 Å². The Morgan fingerprint density at radius 3 is 2.41 bits per heavy atom. The first-order valence-corrected chi connectivity index (χ1v) is 10.1. The molecule has 0 saturated heterocycles. The largest absolute Gasteiger partial charge is 0.516 e. The van der Waals surface area contributed by atoms with Crippen molar-refractivity contribution in [1.29, 1.82) is 0 Å². The Bertz CT molecular complexity index is 976. The molecule has 1 aliphatic heterocycles. The number of halogens is 4. The number of rotatable bonds is 4. The number of amides is 1. The summed E-state index contributed by atoms with van der Waals surface area (Å²) in [5, 5.41) is 0. The van der Waals surface area contributed by atoms with Gasteiger partial charge in [-0.05, 0) is 51.7 Å². The first-order valence-electron chi connectivity index (χ1n) is 7.83. The summed E-state index contributed by atoms with van der Waals surface area (Å²) >= 11 is 3.38. The van der Waals surface area contributed by atoms with Gasteiger partial charge in [0.1, 0.15) is 0 Å². The summed E-state index contributed by atoms with van der Waals surface area (Å²) < 4.78 is 61.7. The Labute approximate surface area is 162 Å². The predicted octanol–water partition coefficient (Wildman–Crippen LogP) is 3.91. The van der Waals surface area contributed by atoms with E-state index in [2.05, 4.69) is 15.9 Å². The van der Waals surface area contributed by atoms with Crippen molar-refractivity contribution < 1.29 is 26.4 Å². The standard InChI is InChI=1S/C17H14BrF3N2O3S/c18-14-3-1-2-12-8-9-23(16(24)15(12)14)10-11-4-6-13(7-5-11)22-27(25,26)17(19,20)21/h1-7,22H,8-10H2. The quantitative estimate of drug-likeness (QED) is 0.748. The molecule has 3 rings (SSSR count). The maximum Gasteiger partial charge on any atom is 0.516 e. The van der Waals surface area contributed by atoms with Crippen LogP contribution in [0.4, 0.5) is 18.9 Å². The molecule has 0 saturated carbocycles. The zero-order chi connectivity index (χ0) is 19.8. The van der Waals surface area contributed by atoms with Crippen molar-refractivity contribution in [2.24, 2.45) is 0 Å². The molecule has 10 heteroatoms. The Balaban J connectivity index is 1.73. The fourth-order valence-electron chi connectivity index (χ4n) is 2.79. The van der Waals surface area contributed by atoms with Crippen LogP contribution in [0.2, 0.25) is 0 Å². The van der Waals surface area contributed by atoms with E-state index in [1.54, 1.807) is 11.0 Å². The van der Waals surface area contributed by atoms with Gasteiger partial charge in [0.05, 0.1) is 5.56 Å². The minimum Gasteiger partial charge on any atom is -0.334 e. The minimum atomic E-state index is -5.46. The molecule has 1 aliphatic rings. The highest BCUT2D eigenvalue weighted by Gasteiger charge is 2.46. The van der Waals surface area contributed by atoms with Gasteiger partial charge >= 0.3 is 15.5 Å². The van der Waals surface area contributed by atoms with Crippen LogP contribution in [0, 0.1) is 0 Å². The predicted molar refractivity (Wildman–Crippen MR) is 97.6 cm³/mol. The third kappa shape index (κ3) is 4.11. The highest BCUT2D eigenvalue weighted by molar-refractivity contribution is 9.10. The maximum atomic E-state index is 12.7. The number of carbonyl (C=O) groups is 1. The molecule has 0 aromatic heterocycles. The zero-order valence-corrected chi connectivity index (χ0v) is 16.2. The van der Waals surface area contributed by atoms with Crippen LogP contribution in [-0.4, -0.2) is 31.3 Å². The number of fused-ring (bicyclic) bond motifs is 1. The molecule has 1 heterocycles. The van der Waals surface area contributed by atoms with E-state index in [9.17, 15) is 26.4 Å². The molecular formula is C17H14BrF3N2O3S. The van der Waals surface area contributed by atoms with Crippen molar-refractivity contribution in [1.82, 2.24) is 4.90 Å². The SMILES string of the molecule is O=C1c2c(Br)cccc2CCN1Cc1ccc(NS(=O)(=O)C(F)(F)F)cc1. The first kappa shape index (κ1) is 19.7. The van der Waals surface area contributed by atoms with Gasteiger partial charge in [-0.15, -0.1) is 0 Å². The number of nitrogens with zero attached hydrogens (tertiary/aromatic N) is 1. The molecular weight excluding hydrogens is 449 g/mol. The van der Waals surface area contributed by atoms with E-state index in [1.165, 1.54) is 29.0 Å². The van der Waals surface area contributed by atoms with Crippen molar-refractivity contribution in [3.05, 3.63) is 63.6 Å². The summed E-state index contributed by atoms with van der Waals surface area (Å²) in [4.78, 5) is 14.3. The van der Waals surface area contributed by atoms with E-state index in [-0.39, 0.29) is 18.1 Å². The second kappa shape index (κ2) is 7.16. The molecule has 0 bridgehead atoms. The summed E-state index contributed by atoms with van der Waals surface area (Å²) in [6, 6.07) is 11.0. The number of anilines is 1. The van der Waals surface area contributed by atoms with Crippen molar-refractivity contribution in [3.63, 3.8) is 0 Å². The Kier molecular flexibility index (Phi) is 5.22. The number of hydrogen-bond acceptors (Lipinski definition) is 3. The van der Waals surface area contributed by atoms with Gasteiger partial charge < -0.3 is 4.90 Å². The fraction of sp³-hybridized carbons (Fsp3) is 0.235. The number of sulfonamides is 1. The van der Waals surface area contributed by atoms with Gasteiger partial charge in [-0.3, -0.25) is 9.52 Å². The van der Waals surface area contributed by atoms with Crippen LogP contribution in [0.25, 0.3) is 0 Å². The lowest BCUT2D eigenvalue weighted by Crippen LogP contribution is -2.37. The van der Waals surface area contributed by atoms with Gasteiger partial charge in [0.25, 0.3) is 5.91 Å². The van der Waals surface area contributed by atoms with E-state index in [0.717, 1.165) is 5.56 Å². The lowest BCUT2D eigenvalue weighted by molar-refractivity contribution is -0.0429. The van der Waals surface area contributed by atoms with Gasteiger partial charge in [-0.1, -0.05) is 24.3 Å². The van der Waals surface area contributed by atoms with Crippen molar-refractivity contribution in [2.75, 3.05) is 11.3 Å². The molecule has 5 nitrogen and oxygen atoms in total. The Hall–Kier alpha value is -2.07. The molecule has 0 fully saturated rings. The lowest BCUT2D eigenvalue weighted by atomic mass is 9.98. The molecule has 2 aromatic carbocycles. The number of benzene rings is 2. The molecule has 0 unspecified atom stereocenters. The molecule has 0 atom stereocenters. The van der Waals surface area contributed by atoms with E-state index >= 15 is 0 Å². The number of carbonyl (C=O) groups excluding carboxylic acids is 1. The number of nitrogens with one attached hydrogen (secondary N) is 1. The second-order valence-electron chi connectivity index (χ2n) is 6.00. The summed E-state index contributed by atoms with van der Waals surface area (Å²) in [5.74, 6) is -0.134. The summed E-state index contributed by atoms with van der Waals surface area (Å²) in [7, 11) is -5.46. The molecule has 1 N–H and O–H groups in total. The first-order chi connectivity index (χ1) is 12.6. The smallest absolute Gasteiger partial charge is 0.334 e. The van der Waals surface area contributed by atoms with E-state index < -0.39 is 15.5 Å². The lowest BCUT2D eigenvalue weighted by Gasteiger charge is -2.29. The van der Waals surface area contributed by atoms with E-state index in [4.69, 9.17) is 0 Å². The molecule has 2 aromatic rings. The molecule has 0 spiro atoms. The van der Waals surface area contributed by atoms with Gasteiger partial charge in [-0.25, -0.2) is 0 Å². The van der Waals surface area contributed by atoms with Crippen LogP contribution >= 0.6 is 15.9 Å². The molecule has 1 amide bonds. The van der Waals surface area contributed by atoms with Gasteiger partial charge in [0.15, 0.2) is 0 Å². The normalized spacial score (nSPS) is 14.8. The van der Waals surface area contributed by atoms with Crippen molar-refractivity contribution in [2.45, 2.75) is 18.5 Å². The summed E-state index contributed by atoms with van der Waals surface area (Å²) in [5.41, 5.74) is -3.34. The average Bonchev–Trinajstić information content (AvgIpc) is 2.58. The summed E-state index contributed by atoms with van der Waals surface area (Å²) in [6.07, 6.45) is 0.698. The van der Waals surface area contributed by atoms with Crippen LogP contribution in [0.1, 0.15) is 21.5 Å². The molecule has 27 heavy (non-hydrogen) atoms. The Morgan fingerprint density at radius 1 is 1.11 bits per heavy atom. The third-order valence-corrected chi connectivity index (χ3v) is 5.91. The minimum absolute atomic E-state index is 0.134. The molecule has 0 aliphatic carbocycles. The monoisotopic (exact) mass is 462 g/mol. The van der Waals surface area contributed by atoms with Crippen molar-refractivity contribution >= 4 is 37.5 Å². The number of alkyl halides is 3. The fourth-order valence-corrected chi connectivity index (χ4v) is 3.93. The Morgan fingerprint density at radius 2 is 1.78 bits per heavy atom. The van der Waals surface area contributed by atoms with E-state index in [1.807, 2.05) is 12.1 Å². The average molecular weight is 463 g/mol.